The molecule has 2 fully saturated rings. The van der Waals surface area contributed by atoms with E-state index in [0.717, 1.165) is 73.7 Å². The molecule has 4 heterocycles. The molecule has 1 atom stereocenters. The van der Waals surface area contributed by atoms with Crippen molar-refractivity contribution in [3.05, 3.63) is 35.5 Å². The Morgan fingerprint density at radius 2 is 2.04 bits per heavy atom. The molecule has 0 N–H and O–H groups in total. The average molecular weight is 369 g/mol. The molecule has 0 bridgehead atoms. The lowest BCUT2D eigenvalue weighted by atomic mass is 9.95. The molecule has 4 rings (SSSR count). The molecule has 0 aliphatic carbocycles. The van der Waals surface area contributed by atoms with Crippen LogP contribution in [0.4, 0.5) is 0 Å². The standard InChI is InChI=1S/C21H27N3O3/c1-14-21(15(2)27-23-14)17-5-6-18(22-13-17)19-4-3-9-24(19)20(25)12-16-7-10-26-11-8-16/h5-6,13,16,19H,3-4,7-12H2,1-2H3/t19-/m0/s1. The van der Waals surface area contributed by atoms with Crippen molar-refractivity contribution in [2.45, 2.75) is 52.0 Å². The average Bonchev–Trinajstić information content (AvgIpc) is 3.30. The van der Waals surface area contributed by atoms with Crippen molar-refractivity contribution in [3.63, 3.8) is 0 Å². The number of ether oxygens (including phenoxy) is 1. The third-order valence-electron chi connectivity index (χ3n) is 5.83. The van der Waals surface area contributed by atoms with E-state index in [1.807, 2.05) is 31.0 Å². The number of rotatable bonds is 4. The molecular weight excluding hydrogens is 342 g/mol. The molecule has 2 aliphatic heterocycles. The maximum atomic E-state index is 12.9. The van der Waals surface area contributed by atoms with Gasteiger partial charge in [0.05, 0.1) is 17.4 Å². The summed E-state index contributed by atoms with van der Waals surface area (Å²) in [5.74, 6) is 1.53. The molecule has 6 heteroatoms. The van der Waals surface area contributed by atoms with E-state index in [1.165, 1.54) is 0 Å². The second-order valence-corrected chi connectivity index (χ2v) is 7.68. The predicted molar refractivity (Wildman–Crippen MR) is 101 cm³/mol. The van der Waals surface area contributed by atoms with Gasteiger partial charge in [-0.25, -0.2) is 0 Å². The van der Waals surface area contributed by atoms with Gasteiger partial charge in [-0.1, -0.05) is 11.2 Å². The number of pyridine rings is 1. The van der Waals surface area contributed by atoms with E-state index in [2.05, 4.69) is 11.2 Å². The molecule has 0 spiro atoms. The van der Waals surface area contributed by atoms with Crippen LogP contribution < -0.4 is 0 Å². The molecule has 2 saturated heterocycles. The minimum absolute atomic E-state index is 0.0936. The van der Waals surface area contributed by atoms with E-state index in [4.69, 9.17) is 14.2 Å². The summed E-state index contributed by atoms with van der Waals surface area (Å²) in [5.41, 5.74) is 3.86. The zero-order chi connectivity index (χ0) is 18.8. The highest BCUT2D eigenvalue weighted by Gasteiger charge is 2.32. The van der Waals surface area contributed by atoms with Gasteiger partial charge in [0.1, 0.15) is 5.76 Å². The minimum Gasteiger partial charge on any atom is -0.381 e. The first-order chi connectivity index (χ1) is 13.1. The molecule has 0 aromatic carbocycles. The molecule has 2 aromatic rings. The Bertz CT molecular complexity index is 774. The Kier molecular flexibility index (Phi) is 5.25. The second kappa shape index (κ2) is 7.80. The van der Waals surface area contributed by atoms with E-state index in [9.17, 15) is 4.79 Å². The third kappa shape index (κ3) is 3.76. The minimum atomic E-state index is 0.0936. The van der Waals surface area contributed by atoms with Crippen LogP contribution in [0.3, 0.4) is 0 Å². The van der Waals surface area contributed by atoms with Crippen molar-refractivity contribution in [2.24, 2.45) is 5.92 Å². The Hall–Kier alpha value is -2.21. The Morgan fingerprint density at radius 3 is 2.70 bits per heavy atom. The number of amides is 1. The lowest BCUT2D eigenvalue weighted by Gasteiger charge is -2.28. The second-order valence-electron chi connectivity index (χ2n) is 7.68. The fourth-order valence-corrected chi connectivity index (χ4v) is 4.33. The van der Waals surface area contributed by atoms with Crippen LogP contribution in [-0.4, -0.2) is 40.7 Å². The van der Waals surface area contributed by atoms with E-state index in [1.54, 1.807) is 0 Å². The van der Waals surface area contributed by atoms with Gasteiger partial charge in [-0.05, 0) is 51.5 Å². The van der Waals surface area contributed by atoms with Gasteiger partial charge >= 0.3 is 0 Å². The highest BCUT2D eigenvalue weighted by atomic mass is 16.5. The van der Waals surface area contributed by atoms with Crippen LogP contribution in [0.2, 0.25) is 0 Å². The van der Waals surface area contributed by atoms with E-state index in [0.29, 0.717) is 12.3 Å². The van der Waals surface area contributed by atoms with Crippen LogP contribution in [0.15, 0.2) is 22.9 Å². The van der Waals surface area contributed by atoms with E-state index >= 15 is 0 Å². The summed E-state index contributed by atoms with van der Waals surface area (Å²) >= 11 is 0. The van der Waals surface area contributed by atoms with Crippen LogP contribution in [0, 0.1) is 19.8 Å². The number of aryl methyl sites for hydroxylation is 2. The topological polar surface area (TPSA) is 68.5 Å². The number of aromatic nitrogens is 2. The zero-order valence-corrected chi connectivity index (χ0v) is 16.1. The summed E-state index contributed by atoms with van der Waals surface area (Å²) in [7, 11) is 0. The molecule has 144 valence electrons. The van der Waals surface area contributed by atoms with E-state index in [-0.39, 0.29) is 11.9 Å². The van der Waals surface area contributed by atoms with Crippen molar-refractivity contribution in [3.8, 4) is 11.1 Å². The molecule has 6 nitrogen and oxygen atoms in total. The fraction of sp³-hybridized carbons (Fsp3) is 0.571. The number of carbonyl (C=O) groups is 1. The van der Waals surface area contributed by atoms with Crippen LogP contribution in [0.25, 0.3) is 11.1 Å². The first kappa shape index (κ1) is 18.2. The zero-order valence-electron chi connectivity index (χ0n) is 16.1. The van der Waals surface area contributed by atoms with E-state index < -0.39 is 0 Å². The molecule has 0 unspecified atom stereocenters. The lowest BCUT2D eigenvalue weighted by Crippen LogP contribution is -2.33. The largest absolute Gasteiger partial charge is 0.381 e. The van der Waals surface area contributed by atoms with Gasteiger partial charge in [0.25, 0.3) is 0 Å². The van der Waals surface area contributed by atoms with Crippen molar-refractivity contribution in [1.82, 2.24) is 15.0 Å². The maximum absolute atomic E-state index is 12.9. The number of carbonyl (C=O) groups excluding carboxylic acids is 1. The Balaban J connectivity index is 1.47. The van der Waals surface area contributed by atoms with Gasteiger partial charge in [0.15, 0.2) is 0 Å². The number of hydrogen-bond donors (Lipinski definition) is 0. The highest BCUT2D eigenvalue weighted by molar-refractivity contribution is 5.77. The number of nitrogens with zero attached hydrogens (tertiary/aromatic N) is 3. The summed E-state index contributed by atoms with van der Waals surface area (Å²) in [6, 6.07) is 4.20. The van der Waals surface area contributed by atoms with Crippen LogP contribution in [0.1, 0.15) is 55.3 Å². The number of likely N-dealkylation sites (tertiary alicyclic amines) is 1. The van der Waals surface area contributed by atoms with Crippen molar-refractivity contribution in [2.75, 3.05) is 19.8 Å². The van der Waals surface area contributed by atoms with Crippen LogP contribution in [0.5, 0.6) is 0 Å². The lowest BCUT2D eigenvalue weighted by molar-refractivity contribution is -0.133. The third-order valence-corrected chi connectivity index (χ3v) is 5.83. The normalized spacial score (nSPS) is 21.0. The summed E-state index contributed by atoms with van der Waals surface area (Å²) in [6.07, 6.45) is 6.52. The van der Waals surface area contributed by atoms with Crippen molar-refractivity contribution >= 4 is 5.91 Å². The van der Waals surface area contributed by atoms with Gasteiger partial charge in [0.2, 0.25) is 5.91 Å². The van der Waals surface area contributed by atoms with Gasteiger partial charge in [-0.2, -0.15) is 0 Å². The maximum Gasteiger partial charge on any atom is 0.223 e. The predicted octanol–water partition coefficient (Wildman–Crippen LogP) is 3.83. The first-order valence-electron chi connectivity index (χ1n) is 9.90. The van der Waals surface area contributed by atoms with Gasteiger partial charge in [0, 0.05) is 43.5 Å². The monoisotopic (exact) mass is 369 g/mol. The summed E-state index contributed by atoms with van der Waals surface area (Å²) in [5, 5.41) is 4.02. The molecule has 0 radical (unpaired) electrons. The van der Waals surface area contributed by atoms with Crippen molar-refractivity contribution < 1.29 is 14.1 Å². The summed E-state index contributed by atoms with van der Waals surface area (Å²) in [4.78, 5) is 19.6. The Labute approximate surface area is 159 Å². The molecular formula is C21H27N3O3. The first-order valence-corrected chi connectivity index (χ1v) is 9.90. The molecule has 2 aromatic heterocycles. The van der Waals surface area contributed by atoms with Gasteiger partial charge < -0.3 is 14.2 Å². The summed E-state index contributed by atoms with van der Waals surface area (Å²) in [6.45, 7) is 6.25. The van der Waals surface area contributed by atoms with Crippen molar-refractivity contribution in [1.29, 1.82) is 0 Å². The molecule has 1 amide bonds. The highest BCUT2D eigenvalue weighted by Crippen LogP contribution is 2.34. The Morgan fingerprint density at radius 1 is 1.22 bits per heavy atom. The molecule has 27 heavy (non-hydrogen) atoms. The van der Waals surface area contributed by atoms with Crippen LogP contribution >= 0.6 is 0 Å². The van der Waals surface area contributed by atoms with Gasteiger partial charge in [-0.15, -0.1) is 0 Å². The van der Waals surface area contributed by atoms with Crippen LogP contribution in [-0.2, 0) is 9.53 Å². The quantitative estimate of drug-likeness (QED) is 0.819. The van der Waals surface area contributed by atoms with Gasteiger partial charge in [-0.3, -0.25) is 9.78 Å². The smallest absolute Gasteiger partial charge is 0.223 e. The summed E-state index contributed by atoms with van der Waals surface area (Å²) < 4.78 is 10.7. The SMILES string of the molecule is Cc1noc(C)c1-c1ccc([C@@H]2CCCN2C(=O)CC2CCOCC2)nc1. The molecule has 0 saturated carbocycles. The number of hydrogen-bond acceptors (Lipinski definition) is 5. The molecule has 2 aliphatic rings. The fourth-order valence-electron chi connectivity index (χ4n) is 4.33.